The molecule has 0 saturated carbocycles. The lowest BCUT2D eigenvalue weighted by Gasteiger charge is -2.18. The molecule has 0 aliphatic carbocycles. The molecule has 7 heteroatoms. The van der Waals surface area contributed by atoms with E-state index in [4.69, 9.17) is 4.98 Å². The van der Waals surface area contributed by atoms with E-state index in [1.807, 2.05) is 31.2 Å². The molecule has 1 atom stereocenters. The maximum atomic E-state index is 13.0. The van der Waals surface area contributed by atoms with Crippen molar-refractivity contribution in [3.63, 3.8) is 0 Å². The second-order valence-electron chi connectivity index (χ2n) is 6.83. The van der Waals surface area contributed by atoms with Crippen LogP contribution in [-0.4, -0.2) is 14.5 Å². The van der Waals surface area contributed by atoms with Crippen molar-refractivity contribution in [3.8, 4) is 0 Å². The first-order valence-corrected chi connectivity index (χ1v) is 9.65. The summed E-state index contributed by atoms with van der Waals surface area (Å²) in [7, 11) is 0. The second kappa shape index (κ2) is 7.92. The Morgan fingerprint density at radius 3 is 2.59 bits per heavy atom. The normalized spacial score (nSPS) is 12.4. The molecule has 1 aromatic heterocycles. The van der Waals surface area contributed by atoms with Crippen molar-refractivity contribution in [1.82, 2.24) is 9.55 Å². The third kappa shape index (κ3) is 4.19. The largest absolute Gasteiger partial charge is 0.287 e. The predicted molar refractivity (Wildman–Crippen MR) is 108 cm³/mol. The fourth-order valence-electron chi connectivity index (χ4n) is 2.88. The molecule has 6 nitrogen and oxygen atoms in total. The molecule has 2 aromatic carbocycles. The molecular formula is C20H21N3O3S. The summed E-state index contributed by atoms with van der Waals surface area (Å²) < 4.78 is 1.71. The summed E-state index contributed by atoms with van der Waals surface area (Å²) in [5, 5.41) is 12.2. The molecule has 0 aliphatic rings. The van der Waals surface area contributed by atoms with Gasteiger partial charge in [0.25, 0.3) is 11.2 Å². The van der Waals surface area contributed by atoms with E-state index in [9.17, 15) is 14.9 Å². The molecule has 0 N–H and O–H groups in total. The molecule has 0 aliphatic heterocycles. The van der Waals surface area contributed by atoms with Crippen molar-refractivity contribution < 1.29 is 4.92 Å². The van der Waals surface area contributed by atoms with Crippen LogP contribution < -0.4 is 5.56 Å². The van der Waals surface area contributed by atoms with E-state index in [-0.39, 0.29) is 22.4 Å². The standard InChI is InChI=1S/C20H21N3O3S/c1-13(2)12-22-19(24)17-9-4-5-10-18(17)21-20(22)27-14(3)15-7-6-8-16(11-15)23(25)26/h4-11,13-14H,12H2,1-3H3/t14-/m0/s1. The number of benzene rings is 2. The highest BCUT2D eigenvalue weighted by atomic mass is 32.2. The van der Waals surface area contributed by atoms with Crippen LogP contribution in [0.15, 0.2) is 58.5 Å². The van der Waals surface area contributed by atoms with Gasteiger partial charge in [0.1, 0.15) is 0 Å². The fraction of sp³-hybridized carbons (Fsp3) is 0.300. The van der Waals surface area contributed by atoms with Gasteiger partial charge < -0.3 is 0 Å². The van der Waals surface area contributed by atoms with Gasteiger partial charge in [-0.15, -0.1) is 0 Å². The SMILES string of the molecule is CC(C)Cn1c(S[C@@H](C)c2cccc([N+](=O)[O-])c2)nc2ccccc2c1=O. The smallest absolute Gasteiger partial charge is 0.269 e. The predicted octanol–water partition coefficient (Wildman–Crippen LogP) is 4.81. The summed E-state index contributed by atoms with van der Waals surface area (Å²) in [5.41, 5.74) is 1.50. The average molecular weight is 383 g/mol. The average Bonchev–Trinajstić information content (AvgIpc) is 2.64. The number of thioether (sulfide) groups is 1. The summed E-state index contributed by atoms with van der Waals surface area (Å²) in [6.07, 6.45) is 0. The van der Waals surface area contributed by atoms with Gasteiger partial charge >= 0.3 is 0 Å². The van der Waals surface area contributed by atoms with Gasteiger partial charge in [-0.1, -0.05) is 49.9 Å². The van der Waals surface area contributed by atoms with Gasteiger partial charge in [0.05, 0.1) is 15.8 Å². The highest BCUT2D eigenvalue weighted by Crippen LogP contribution is 2.35. The van der Waals surface area contributed by atoms with E-state index in [0.29, 0.717) is 22.6 Å². The Labute approximate surface area is 161 Å². The summed E-state index contributed by atoms with van der Waals surface area (Å²) in [6.45, 7) is 6.64. The maximum Gasteiger partial charge on any atom is 0.269 e. The number of nitro groups is 1. The molecule has 0 unspecified atom stereocenters. The molecule has 140 valence electrons. The van der Waals surface area contributed by atoms with Crippen LogP contribution in [-0.2, 0) is 6.54 Å². The summed E-state index contributed by atoms with van der Waals surface area (Å²) in [4.78, 5) is 28.3. The van der Waals surface area contributed by atoms with Crippen molar-refractivity contribution in [1.29, 1.82) is 0 Å². The molecule has 1 heterocycles. The van der Waals surface area contributed by atoms with Gasteiger partial charge in [0, 0.05) is 23.9 Å². The van der Waals surface area contributed by atoms with E-state index in [0.717, 1.165) is 5.56 Å². The molecule has 3 rings (SSSR count). The summed E-state index contributed by atoms with van der Waals surface area (Å²) in [6, 6.07) is 13.9. The van der Waals surface area contributed by atoms with Crippen LogP contribution in [0.3, 0.4) is 0 Å². The first-order valence-electron chi connectivity index (χ1n) is 8.77. The van der Waals surface area contributed by atoms with Crippen molar-refractivity contribution in [2.24, 2.45) is 5.92 Å². The van der Waals surface area contributed by atoms with Crippen molar-refractivity contribution in [2.75, 3.05) is 0 Å². The fourth-order valence-corrected chi connectivity index (χ4v) is 3.92. The minimum atomic E-state index is -0.399. The van der Waals surface area contributed by atoms with Crippen LogP contribution in [0.25, 0.3) is 10.9 Å². The number of nitro benzene ring substituents is 1. The van der Waals surface area contributed by atoms with Crippen molar-refractivity contribution in [2.45, 2.75) is 37.7 Å². The summed E-state index contributed by atoms with van der Waals surface area (Å²) >= 11 is 1.44. The summed E-state index contributed by atoms with van der Waals surface area (Å²) in [5.74, 6) is 0.290. The van der Waals surface area contributed by atoms with Gasteiger partial charge in [-0.3, -0.25) is 19.5 Å². The molecular weight excluding hydrogens is 362 g/mol. The van der Waals surface area contributed by atoms with E-state index < -0.39 is 4.92 Å². The third-order valence-corrected chi connectivity index (χ3v) is 5.36. The monoisotopic (exact) mass is 383 g/mol. The van der Waals surface area contributed by atoms with Crippen molar-refractivity contribution >= 4 is 28.4 Å². The van der Waals surface area contributed by atoms with Crippen LogP contribution in [0.2, 0.25) is 0 Å². The lowest BCUT2D eigenvalue weighted by Crippen LogP contribution is -2.25. The highest BCUT2D eigenvalue weighted by molar-refractivity contribution is 7.99. The van der Waals surface area contributed by atoms with Gasteiger partial charge in [0.15, 0.2) is 5.16 Å². The number of para-hydroxylation sites is 1. The van der Waals surface area contributed by atoms with E-state index in [1.165, 1.54) is 17.8 Å². The van der Waals surface area contributed by atoms with Crippen LogP contribution in [0, 0.1) is 16.0 Å². The van der Waals surface area contributed by atoms with Crippen LogP contribution in [0.5, 0.6) is 0 Å². The minimum absolute atomic E-state index is 0.0527. The molecule has 0 amide bonds. The topological polar surface area (TPSA) is 78.0 Å². The lowest BCUT2D eigenvalue weighted by molar-refractivity contribution is -0.384. The zero-order chi connectivity index (χ0) is 19.6. The zero-order valence-electron chi connectivity index (χ0n) is 15.5. The molecule has 0 saturated heterocycles. The van der Waals surface area contributed by atoms with Crippen LogP contribution in [0.1, 0.15) is 31.6 Å². The van der Waals surface area contributed by atoms with E-state index in [1.54, 1.807) is 22.8 Å². The Bertz CT molecular complexity index is 1050. The number of non-ortho nitro benzene ring substituents is 1. The molecule has 0 bridgehead atoms. The van der Waals surface area contributed by atoms with E-state index in [2.05, 4.69) is 13.8 Å². The number of hydrogen-bond donors (Lipinski definition) is 0. The zero-order valence-corrected chi connectivity index (χ0v) is 16.3. The van der Waals surface area contributed by atoms with Crippen LogP contribution >= 0.6 is 11.8 Å². The van der Waals surface area contributed by atoms with Gasteiger partial charge in [-0.2, -0.15) is 0 Å². The number of rotatable bonds is 6. The number of aromatic nitrogens is 2. The quantitative estimate of drug-likeness (QED) is 0.264. The molecule has 0 spiro atoms. The Balaban J connectivity index is 2.03. The second-order valence-corrected chi connectivity index (χ2v) is 8.14. The number of nitrogens with zero attached hydrogens (tertiary/aromatic N) is 3. The Morgan fingerprint density at radius 1 is 1.15 bits per heavy atom. The van der Waals surface area contributed by atoms with E-state index >= 15 is 0 Å². The Hall–Kier alpha value is -2.67. The number of hydrogen-bond acceptors (Lipinski definition) is 5. The van der Waals surface area contributed by atoms with Gasteiger partial charge in [-0.25, -0.2) is 4.98 Å². The molecule has 3 aromatic rings. The highest BCUT2D eigenvalue weighted by Gasteiger charge is 2.18. The number of fused-ring (bicyclic) bond motifs is 1. The minimum Gasteiger partial charge on any atom is -0.287 e. The lowest BCUT2D eigenvalue weighted by atomic mass is 10.1. The Kier molecular flexibility index (Phi) is 5.60. The first-order chi connectivity index (χ1) is 12.9. The van der Waals surface area contributed by atoms with Gasteiger partial charge in [-0.05, 0) is 30.5 Å². The molecule has 27 heavy (non-hydrogen) atoms. The molecule has 0 fully saturated rings. The maximum absolute atomic E-state index is 13.0. The van der Waals surface area contributed by atoms with Crippen molar-refractivity contribution in [3.05, 3.63) is 74.6 Å². The third-order valence-electron chi connectivity index (χ3n) is 4.21. The van der Waals surface area contributed by atoms with Gasteiger partial charge in [0.2, 0.25) is 0 Å². The molecule has 0 radical (unpaired) electrons. The first kappa shape index (κ1) is 19.1. The Morgan fingerprint density at radius 2 is 1.89 bits per heavy atom. The van der Waals surface area contributed by atoms with Crippen LogP contribution in [0.4, 0.5) is 5.69 Å².